The molecular weight excluding hydrogens is 504 g/mol. The van der Waals surface area contributed by atoms with Gasteiger partial charge in [-0.1, -0.05) is 49.4 Å². The number of benzene rings is 2. The number of methoxy groups -OCH3 is 1. The van der Waals surface area contributed by atoms with Gasteiger partial charge in [0.15, 0.2) is 0 Å². The van der Waals surface area contributed by atoms with Crippen molar-refractivity contribution in [3.05, 3.63) is 65.7 Å². The van der Waals surface area contributed by atoms with Gasteiger partial charge >= 0.3 is 16.4 Å². The molecule has 3 rings (SSSR count). The lowest BCUT2D eigenvalue weighted by atomic mass is 10.0. The number of anilines is 1. The zero-order valence-electron chi connectivity index (χ0n) is 20.2. The molecule has 1 aliphatic heterocycles. The Balaban J connectivity index is 1.81. The van der Waals surface area contributed by atoms with E-state index in [2.05, 4.69) is 17.6 Å². The van der Waals surface area contributed by atoms with E-state index in [1.54, 1.807) is 23.9 Å². The van der Waals surface area contributed by atoms with Crippen molar-refractivity contribution in [3.63, 3.8) is 0 Å². The van der Waals surface area contributed by atoms with E-state index in [0.717, 1.165) is 16.2 Å². The molecule has 2 unspecified atom stereocenters. The summed E-state index contributed by atoms with van der Waals surface area (Å²) < 4.78 is 37.8. The highest BCUT2D eigenvalue weighted by molar-refractivity contribution is 8.14. The van der Waals surface area contributed by atoms with Gasteiger partial charge in [0.2, 0.25) is 5.91 Å². The fourth-order valence-electron chi connectivity index (χ4n) is 3.62. The molecule has 1 aliphatic rings. The van der Waals surface area contributed by atoms with Gasteiger partial charge < -0.3 is 15.4 Å². The van der Waals surface area contributed by atoms with Gasteiger partial charge in [-0.2, -0.15) is 8.42 Å². The highest BCUT2D eigenvalue weighted by atomic mass is 32.2. The van der Waals surface area contributed by atoms with Gasteiger partial charge in [-0.15, -0.1) is 11.8 Å². The number of aliphatic imine (C=N–C) groups is 1. The van der Waals surface area contributed by atoms with Crippen LogP contribution in [-0.4, -0.2) is 60.5 Å². The highest BCUT2D eigenvalue weighted by Gasteiger charge is 2.31. The average Bonchev–Trinajstić information content (AvgIpc) is 3.17. The Morgan fingerprint density at radius 2 is 1.67 bits per heavy atom. The molecule has 0 aliphatic carbocycles. The summed E-state index contributed by atoms with van der Waals surface area (Å²) in [6.45, 7) is 4.08. The lowest BCUT2D eigenvalue weighted by Crippen LogP contribution is -2.52. The van der Waals surface area contributed by atoms with Gasteiger partial charge in [-0.3, -0.25) is 19.1 Å². The zero-order valence-corrected chi connectivity index (χ0v) is 21.8. The molecule has 4 atom stereocenters. The Morgan fingerprint density at radius 1 is 1.03 bits per heavy atom. The van der Waals surface area contributed by atoms with Crippen molar-refractivity contribution in [3.8, 4) is 0 Å². The Morgan fingerprint density at radius 3 is 2.22 bits per heavy atom. The first kappa shape index (κ1) is 27.5. The molecule has 2 aromatic rings. The SMILES string of the molecule is COC(=O)N[C@@H](Cc1ccccc1)C(=O)N[C@@H](Cc1ccc(NS(=O)(=O)O)cc1)C1=NC(C)C(C)S1. The molecule has 12 heteroatoms. The second-order valence-corrected chi connectivity index (χ2v) is 11.0. The summed E-state index contributed by atoms with van der Waals surface area (Å²) in [6.07, 6.45) is -0.0458. The van der Waals surface area contributed by atoms with Crippen molar-refractivity contribution < 1.29 is 27.3 Å². The summed E-state index contributed by atoms with van der Waals surface area (Å²) in [5.41, 5.74) is 1.90. The number of rotatable bonds is 10. The van der Waals surface area contributed by atoms with Crippen molar-refractivity contribution in [1.29, 1.82) is 0 Å². The smallest absolute Gasteiger partial charge is 0.407 e. The maximum absolute atomic E-state index is 13.4. The van der Waals surface area contributed by atoms with Crippen LogP contribution in [0.4, 0.5) is 10.5 Å². The molecule has 0 bridgehead atoms. The third kappa shape index (κ3) is 8.25. The van der Waals surface area contributed by atoms with Crippen LogP contribution in [0.5, 0.6) is 0 Å². The number of ether oxygens (including phenoxy) is 1. The average molecular weight is 535 g/mol. The molecule has 0 radical (unpaired) electrons. The van der Waals surface area contributed by atoms with E-state index in [1.165, 1.54) is 19.2 Å². The van der Waals surface area contributed by atoms with Crippen LogP contribution in [0.1, 0.15) is 25.0 Å². The molecular formula is C24H30N4O6S2. The van der Waals surface area contributed by atoms with Crippen molar-refractivity contribution in [2.45, 2.75) is 50.1 Å². The molecule has 0 saturated heterocycles. The molecule has 0 aromatic heterocycles. The molecule has 36 heavy (non-hydrogen) atoms. The van der Waals surface area contributed by atoms with Crippen LogP contribution in [0.3, 0.4) is 0 Å². The van der Waals surface area contributed by atoms with Gasteiger partial charge in [-0.25, -0.2) is 4.79 Å². The predicted octanol–water partition coefficient (Wildman–Crippen LogP) is 2.82. The number of nitrogens with zero attached hydrogens (tertiary/aromatic N) is 1. The van der Waals surface area contributed by atoms with Crippen LogP contribution in [0.2, 0.25) is 0 Å². The summed E-state index contributed by atoms with van der Waals surface area (Å²) in [4.78, 5) is 30.1. The zero-order chi connectivity index (χ0) is 26.3. The maximum atomic E-state index is 13.4. The van der Waals surface area contributed by atoms with E-state index in [0.29, 0.717) is 6.42 Å². The van der Waals surface area contributed by atoms with Gasteiger partial charge in [0.05, 0.1) is 29.9 Å². The van der Waals surface area contributed by atoms with E-state index in [4.69, 9.17) is 14.3 Å². The topological polar surface area (TPSA) is 146 Å². The van der Waals surface area contributed by atoms with Crippen molar-refractivity contribution in [1.82, 2.24) is 10.6 Å². The molecule has 4 N–H and O–H groups in total. The number of carbonyl (C=O) groups is 2. The first-order valence-corrected chi connectivity index (χ1v) is 13.6. The molecule has 0 saturated carbocycles. The van der Waals surface area contributed by atoms with Crippen LogP contribution in [0.25, 0.3) is 0 Å². The molecule has 2 aromatic carbocycles. The van der Waals surface area contributed by atoms with Gasteiger partial charge in [0.1, 0.15) is 6.04 Å². The lowest BCUT2D eigenvalue weighted by molar-refractivity contribution is -0.123. The Bertz CT molecular complexity index is 1190. The largest absolute Gasteiger partial charge is 0.453 e. The molecule has 2 amide bonds. The van der Waals surface area contributed by atoms with E-state index in [-0.39, 0.29) is 29.3 Å². The molecule has 10 nitrogen and oxygen atoms in total. The standard InChI is InChI=1S/C24H30N4O6S2/c1-15-16(2)35-23(25-15)21(14-18-9-11-19(12-10-18)28-36(31,32)33)26-22(29)20(27-24(30)34-3)13-17-7-5-4-6-8-17/h4-12,15-16,20-21,28H,13-14H2,1-3H3,(H,26,29)(H,27,30)(H,31,32,33)/t15?,16?,20-,21-/m0/s1. The first-order chi connectivity index (χ1) is 17.0. The second kappa shape index (κ2) is 12.2. The van der Waals surface area contributed by atoms with Crippen molar-refractivity contribution in [2.24, 2.45) is 4.99 Å². The number of alkyl carbamates (subject to hydrolysis) is 1. The number of amides is 2. The molecule has 194 valence electrons. The monoisotopic (exact) mass is 534 g/mol. The van der Waals surface area contributed by atoms with Crippen LogP contribution in [0, 0.1) is 0 Å². The summed E-state index contributed by atoms with van der Waals surface area (Å²) in [5.74, 6) is -0.380. The number of nitrogens with one attached hydrogen (secondary N) is 3. The first-order valence-electron chi connectivity index (χ1n) is 11.3. The minimum absolute atomic E-state index is 0.0825. The highest BCUT2D eigenvalue weighted by Crippen LogP contribution is 2.29. The summed E-state index contributed by atoms with van der Waals surface area (Å²) >= 11 is 1.59. The fourth-order valence-corrected chi connectivity index (χ4v) is 5.23. The Hall–Kier alpha value is -3.09. The van der Waals surface area contributed by atoms with E-state index in [1.807, 2.05) is 42.0 Å². The minimum atomic E-state index is -4.38. The van der Waals surface area contributed by atoms with Crippen molar-refractivity contribution in [2.75, 3.05) is 11.8 Å². The van der Waals surface area contributed by atoms with Crippen molar-refractivity contribution >= 4 is 44.8 Å². The number of hydrogen-bond donors (Lipinski definition) is 4. The van der Waals surface area contributed by atoms with Gasteiger partial charge in [0.25, 0.3) is 0 Å². The normalized spacial score (nSPS) is 19.1. The van der Waals surface area contributed by atoms with Gasteiger partial charge in [0, 0.05) is 11.7 Å². The maximum Gasteiger partial charge on any atom is 0.407 e. The lowest BCUT2D eigenvalue weighted by Gasteiger charge is -2.24. The fraction of sp³-hybridized carbons (Fsp3) is 0.375. The third-order valence-electron chi connectivity index (χ3n) is 5.65. The summed E-state index contributed by atoms with van der Waals surface area (Å²) in [7, 11) is -3.14. The van der Waals surface area contributed by atoms with Crippen LogP contribution >= 0.6 is 11.8 Å². The van der Waals surface area contributed by atoms with Crippen LogP contribution < -0.4 is 15.4 Å². The summed E-state index contributed by atoms with van der Waals surface area (Å²) in [5, 5.41) is 6.67. The Kier molecular flexibility index (Phi) is 9.35. The predicted molar refractivity (Wildman–Crippen MR) is 141 cm³/mol. The quantitative estimate of drug-likeness (QED) is 0.343. The minimum Gasteiger partial charge on any atom is -0.453 e. The van der Waals surface area contributed by atoms with Crippen LogP contribution in [-0.2, 0) is 32.7 Å². The van der Waals surface area contributed by atoms with E-state index in [9.17, 15) is 18.0 Å². The second-order valence-electron chi connectivity index (χ2n) is 8.45. The number of thioether (sulfide) groups is 1. The third-order valence-corrected chi connectivity index (χ3v) is 7.54. The molecule has 0 spiro atoms. The van der Waals surface area contributed by atoms with E-state index >= 15 is 0 Å². The van der Waals surface area contributed by atoms with E-state index < -0.39 is 28.5 Å². The molecule has 1 heterocycles. The number of hydrogen-bond acceptors (Lipinski definition) is 7. The Labute approximate surface area is 215 Å². The van der Waals surface area contributed by atoms with Gasteiger partial charge in [-0.05, 0) is 36.6 Å². The summed E-state index contributed by atoms with van der Waals surface area (Å²) in [6, 6.07) is 14.5. The molecule has 0 fully saturated rings. The van der Waals surface area contributed by atoms with Crippen LogP contribution in [0.15, 0.2) is 59.6 Å². The number of carbonyl (C=O) groups excluding carboxylic acids is 2.